The van der Waals surface area contributed by atoms with Gasteiger partial charge in [-0.15, -0.1) is 11.8 Å². The van der Waals surface area contributed by atoms with E-state index < -0.39 is 5.97 Å². The van der Waals surface area contributed by atoms with Crippen molar-refractivity contribution >= 4 is 28.8 Å². The molecule has 2 N–H and O–H groups in total. The standard InChI is InChI=1S/C13H16N2O2S/c1-3-11(13(16)17)18-7-12-14-9-5-4-8(2)6-10(9)15-12/h4-6,11H,3,7H2,1-2H3,(H,14,15)(H,16,17). The fraction of sp³-hybridized carbons (Fsp3) is 0.385. The van der Waals surface area contributed by atoms with E-state index in [1.807, 2.05) is 32.0 Å². The van der Waals surface area contributed by atoms with Gasteiger partial charge in [-0.3, -0.25) is 4.79 Å². The number of nitrogens with zero attached hydrogens (tertiary/aromatic N) is 1. The van der Waals surface area contributed by atoms with E-state index in [9.17, 15) is 4.79 Å². The lowest BCUT2D eigenvalue weighted by molar-refractivity contribution is -0.136. The molecule has 2 rings (SSSR count). The number of benzene rings is 1. The molecule has 1 aromatic carbocycles. The SMILES string of the molecule is CCC(SCc1nc2ccc(C)cc2[nH]1)C(=O)O. The monoisotopic (exact) mass is 264 g/mol. The molecule has 18 heavy (non-hydrogen) atoms. The van der Waals surface area contributed by atoms with Crippen LogP contribution in [0.25, 0.3) is 11.0 Å². The van der Waals surface area contributed by atoms with Gasteiger partial charge in [0, 0.05) is 0 Å². The zero-order valence-corrected chi connectivity index (χ0v) is 11.3. The van der Waals surface area contributed by atoms with Crippen molar-refractivity contribution in [1.82, 2.24) is 9.97 Å². The zero-order chi connectivity index (χ0) is 13.1. The van der Waals surface area contributed by atoms with Crippen molar-refractivity contribution in [2.24, 2.45) is 0 Å². The first-order valence-electron chi connectivity index (χ1n) is 5.89. The van der Waals surface area contributed by atoms with Crippen molar-refractivity contribution in [1.29, 1.82) is 0 Å². The van der Waals surface area contributed by atoms with Crippen LogP contribution in [0.4, 0.5) is 0 Å². The van der Waals surface area contributed by atoms with Crippen molar-refractivity contribution in [2.75, 3.05) is 0 Å². The predicted molar refractivity (Wildman–Crippen MR) is 73.8 cm³/mol. The minimum Gasteiger partial charge on any atom is -0.480 e. The number of carbonyl (C=O) groups is 1. The molecular weight excluding hydrogens is 248 g/mol. The van der Waals surface area contributed by atoms with Gasteiger partial charge in [-0.1, -0.05) is 13.0 Å². The number of nitrogens with one attached hydrogen (secondary N) is 1. The molecule has 0 fully saturated rings. The Hall–Kier alpha value is -1.49. The number of aromatic amines is 1. The molecule has 0 aliphatic carbocycles. The zero-order valence-electron chi connectivity index (χ0n) is 10.4. The van der Waals surface area contributed by atoms with Gasteiger partial charge in [-0.2, -0.15) is 0 Å². The summed E-state index contributed by atoms with van der Waals surface area (Å²) in [5.41, 5.74) is 3.12. The first-order chi connectivity index (χ1) is 8.60. The second-order valence-corrected chi connectivity index (χ2v) is 5.44. The van der Waals surface area contributed by atoms with E-state index in [4.69, 9.17) is 5.11 Å². The second kappa shape index (κ2) is 5.44. The summed E-state index contributed by atoms with van der Waals surface area (Å²) >= 11 is 1.41. The lowest BCUT2D eigenvalue weighted by atomic mass is 10.2. The smallest absolute Gasteiger partial charge is 0.316 e. The molecular formula is C13H16N2O2S. The molecule has 0 saturated heterocycles. The first-order valence-corrected chi connectivity index (χ1v) is 6.94. The molecule has 0 aliphatic rings. The summed E-state index contributed by atoms with van der Waals surface area (Å²) in [7, 11) is 0. The van der Waals surface area contributed by atoms with Crippen molar-refractivity contribution in [3.8, 4) is 0 Å². The van der Waals surface area contributed by atoms with E-state index in [1.165, 1.54) is 17.3 Å². The number of hydrogen-bond acceptors (Lipinski definition) is 3. The van der Waals surface area contributed by atoms with Crippen molar-refractivity contribution < 1.29 is 9.90 Å². The van der Waals surface area contributed by atoms with Gasteiger partial charge in [0.25, 0.3) is 0 Å². The van der Waals surface area contributed by atoms with Crippen LogP contribution in [-0.2, 0) is 10.5 Å². The van der Waals surface area contributed by atoms with Crippen LogP contribution in [0.2, 0.25) is 0 Å². The molecule has 0 amide bonds. The number of thioether (sulfide) groups is 1. The number of carboxylic acid groups (broad SMARTS) is 1. The highest BCUT2D eigenvalue weighted by Crippen LogP contribution is 2.21. The molecule has 1 heterocycles. The average molecular weight is 264 g/mol. The molecule has 0 saturated carbocycles. The number of rotatable bonds is 5. The molecule has 0 aliphatic heterocycles. The van der Waals surface area contributed by atoms with E-state index in [2.05, 4.69) is 9.97 Å². The Morgan fingerprint density at radius 2 is 2.33 bits per heavy atom. The molecule has 0 radical (unpaired) electrons. The first kappa shape index (κ1) is 13.0. The molecule has 4 nitrogen and oxygen atoms in total. The normalized spacial score (nSPS) is 12.8. The van der Waals surface area contributed by atoms with Gasteiger partial charge in [0.05, 0.1) is 16.8 Å². The number of aliphatic carboxylic acids is 1. The lowest BCUT2D eigenvalue weighted by Gasteiger charge is -2.07. The van der Waals surface area contributed by atoms with Gasteiger partial charge in [-0.05, 0) is 31.0 Å². The number of fused-ring (bicyclic) bond motifs is 1. The Bertz CT molecular complexity index is 565. The maximum Gasteiger partial charge on any atom is 0.316 e. The Labute approximate surface area is 110 Å². The van der Waals surface area contributed by atoms with Gasteiger partial charge < -0.3 is 10.1 Å². The summed E-state index contributed by atoms with van der Waals surface area (Å²) < 4.78 is 0. The Kier molecular flexibility index (Phi) is 3.91. The third-order valence-electron chi connectivity index (χ3n) is 2.75. The molecule has 1 unspecified atom stereocenters. The molecule has 0 spiro atoms. The fourth-order valence-corrected chi connectivity index (χ4v) is 2.66. The number of aromatic nitrogens is 2. The van der Waals surface area contributed by atoms with Crippen molar-refractivity contribution in [3.05, 3.63) is 29.6 Å². The highest BCUT2D eigenvalue weighted by molar-refractivity contribution is 7.99. The quantitative estimate of drug-likeness (QED) is 0.871. The van der Waals surface area contributed by atoms with Gasteiger partial charge in [0.1, 0.15) is 11.1 Å². The van der Waals surface area contributed by atoms with E-state index in [0.717, 1.165) is 16.9 Å². The number of aryl methyl sites for hydroxylation is 1. The predicted octanol–water partition coefficient (Wildman–Crippen LogP) is 2.97. The number of imidazole rings is 1. The third kappa shape index (κ3) is 2.85. The maximum atomic E-state index is 10.9. The number of carboxylic acids is 1. The second-order valence-electron chi connectivity index (χ2n) is 4.25. The van der Waals surface area contributed by atoms with Crippen LogP contribution in [0.1, 0.15) is 24.7 Å². The van der Waals surface area contributed by atoms with E-state index >= 15 is 0 Å². The summed E-state index contributed by atoms with van der Waals surface area (Å²) in [6, 6.07) is 6.04. The Morgan fingerprint density at radius 3 is 3.00 bits per heavy atom. The van der Waals surface area contributed by atoms with E-state index in [0.29, 0.717) is 12.2 Å². The van der Waals surface area contributed by atoms with Crippen LogP contribution in [0, 0.1) is 6.92 Å². The summed E-state index contributed by atoms with van der Waals surface area (Å²) in [4.78, 5) is 18.6. The highest BCUT2D eigenvalue weighted by Gasteiger charge is 2.16. The summed E-state index contributed by atoms with van der Waals surface area (Å²) in [5.74, 6) is 0.674. The lowest BCUT2D eigenvalue weighted by Crippen LogP contribution is -2.15. The average Bonchev–Trinajstić information content (AvgIpc) is 2.71. The minimum absolute atomic E-state index is 0.361. The van der Waals surface area contributed by atoms with Crippen molar-refractivity contribution in [3.63, 3.8) is 0 Å². The van der Waals surface area contributed by atoms with Crippen LogP contribution < -0.4 is 0 Å². The van der Waals surface area contributed by atoms with Crippen LogP contribution in [0.3, 0.4) is 0 Å². The van der Waals surface area contributed by atoms with Crippen LogP contribution in [-0.4, -0.2) is 26.3 Å². The topological polar surface area (TPSA) is 66.0 Å². The maximum absolute atomic E-state index is 10.9. The van der Waals surface area contributed by atoms with Crippen LogP contribution in [0.15, 0.2) is 18.2 Å². The summed E-state index contributed by atoms with van der Waals surface area (Å²) in [6.45, 7) is 3.92. The number of hydrogen-bond donors (Lipinski definition) is 2. The minimum atomic E-state index is -0.755. The third-order valence-corrected chi connectivity index (χ3v) is 4.13. The van der Waals surface area contributed by atoms with Crippen LogP contribution in [0.5, 0.6) is 0 Å². The Balaban J connectivity index is 2.10. The van der Waals surface area contributed by atoms with Gasteiger partial charge in [0.2, 0.25) is 0 Å². The highest BCUT2D eigenvalue weighted by atomic mass is 32.2. The fourth-order valence-electron chi connectivity index (χ4n) is 1.79. The molecule has 0 bridgehead atoms. The van der Waals surface area contributed by atoms with E-state index in [1.54, 1.807) is 0 Å². The van der Waals surface area contributed by atoms with Crippen LogP contribution >= 0.6 is 11.8 Å². The van der Waals surface area contributed by atoms with Gasteiger partial charge in [0.15, 0.2) is 0 Å². The molecule has 96 valence electrons. The molecule has 1 aromatic heterocycles. The largest absolute Gasteiger partial charge is 0.480 e. The molecule has 2 aromatic rings. The number of H-pyrrole nitrogens is 1. The molecule has 1 atom stereocenters. The van der Waals surface area contributed by atoms with E-state index in [-0.39, 0.29) is 5.25 Å². The summed E-state index contributed by atoms with van der Waals surface area (Å²) in [5, 5.41) is 8.61. The van der Waals surface area contributed by atoms with Gasteiger partial charge >= 0.3 is 5.97 Å². The molecule has 5 heteroatoms. The van der Waals surface area contributed by atoms with Crippen molar-refractivity contribution in [2.45, 2.75) is 31.3 Å². The summed E-state index contributed by atoms with van der Waals surface area (Å²) in [6.07, 6.45) is 0.624. The van der Waals surface area contributed by atoms with Gasteiger partial charge in [-0.25, -0.2) is 4.98 Å². The Morgan fingerprint density at radius 1 is 1.56 bits per heavy atom.